The van der Waals surface area contributed by atoms with Crippen molar-refractivity contribution in [3.63, 3.8) is 0 Å². The second kappa shape index (κ2) is 4.96. The predicted molar refractivity (Wildman–Crippen MR) is 67.6 cm³/mol. The van der Waals surface area contributed by atoms with Gasteiger partial charge >= 0.3 is 0 Å². The molecular weight excluding hydrogens is 238 g/mol. The largest absolute Gasteiger partial charge is 0.508 e. The molecule has 1 fully saturated rings. The van der Waals surface area contributed by atoms with E-state index in [1.54, 1.807) is 18.2 Å². The Bertz CT molecular complexity index is 433. The maximum absolute atomic E-state index is 12.3. The number of carbonyl (C=O) groups is 1. The van der Waals surface area contributed by atoms with Crippen molar-refractivity contribution >= 4 is 17.5 Å². The maximum atomic E-state index is 12.3. The molecule has 1 aromatic carbocycles. The molecule has 1 saturated heterocycles. The molecule has 1 aliphatic rings. The zero-order chi connectivity index (χ0) is 12.4. The molecule has 0 bridgehead atoms. The Morgan fingerprint density at radius 1 is 1.59 bits per heavy atom. The van der Waals surface area contributed by atoms with Crippen molar-refractivity contribution in [3.05, 3.63) is 29.3 Å². The third kappa shape index (κ3) is 2.39. The van der Waals surface area contributed by atoms with Crippen LogP contribution in [0.25, 0.3) is 0 Å². The van der Waals surface area contributed by atoms with E-state index in [1.165, 1.54) is 0 Å². The second-order valence-corrected chi connectivity index (χ2v) is 4.76. The molecule has 1 aromatic rings. The summed E-state index contributed by atoms with van der Waals surface area (Å²) in [6, 6.07) is 4.99. The fourth-order valence-corrected chi connectivity index (χ4v) is 2.63. The van der Waals surface area contributed by atoms with Crippen LogP contribution >= 0.6 is 11.6 Å². The van der Waals surface area contributed by atoms with Crippen LogP contribution in [0.2, 0.25) is 0 Å². The summed E-state index contributed by atoms with van der Waals surface area (Å²) < 4.78 is 0. The average Bonchev–Trinajstić information content (AvgIpc) is 2.76. The summed E-state index contributed by atoms with van der Waals surface area (Å²) in [6.07, 6.45) is 1.99. The standard InChI is InChI=1S/C13H16ClNO2/c1-9-7-11(16)4-5-12(9)13(17)15-6-2-3-10(15)8-14/h4-5,7,10,16H,2-3,6,8H2,1H3. The number of rotatable bonds is 2. The molecule has 0 aliphatic carbocycles. The number of hydrogen-bond donors (Lipinski definition) is 1. The number of alkyl halides is 1. The summed E-state index contributed by atoms with van der Waals surface area (Å²) in [5.74, 6) is 0.697. The van der Waals surface area contributed by atoms with Crippen molar-refractivity contribution in [2.24, 2.45) is 0 Å². The highest BCUT2D eigenvalue weighted by atomic mass is 35.5. The first kappa shape index (κ1) is 12.2. The first-order valence-electron chi connectivity index (χ1n) is 5.80. The van der Waals surface area contributed by atoms with Crippen LogP contribution in [0.3, 0.4) is 0 Å². The summed E-state index contributed by atoms with van der Waals surface area (Å²) >= 11 is 5.87. The Balaban J connectivity index is 2.24. The molecule has 0 radical (unpaired) electrons. The van der Waals surface area contributed by atoms with Gasteiger partial charge in [-0.25, -0.2) is 0 Å². The van der Waals surface area contributed by atoms with Crippen molar-refractivity contribution in [1.82, 2.24) is 4.90 Å². The molecule has 2 rings (SSSR count). The minimum Gasteiger partial charge on any atom is -0.508 e. The predicted octanol–water partition coefficient (Wildman–Crippen LogP) is 2.54. The lowest BCUT2D eigenvalue weighted by atomic mass is 10.1. The van der Waals surface area contributed by atoms with Crippen molar-refractivity contribution < 1.29 is 9.90 Å². The van der Waals surface area contributed by atoms with Crippen molar-refractivity contribution in [1.29, 1.82) is 0 Å². The van der Waals surface area contributed by atoms with Gasteiger partial charge in [-0.05, 0) is 43.5 Å². The number of phenolic OH excluding ortho intramolecular Hbond substituents is 1. The lowest BCUT2D eigenvalue weighted by Gasteiger charge is -2.23. The fraction of sp³-hybridized carbons (Fsp3) is 0.462. The van der Waals surface area contributed by atoms with Gasteiger partial charge in [0.25, 0.3) is 5.91 Å². The third-order valence-electron chi connectivity index (χ3n) is 3.26. The van der Waals surface area contributed by atoms with E-state index in [1.807, 2.05) is 11.8 Å². The van der Waals surface area contributed by atoms with Gasteiger partial charge < -0.3 is 10.0 Å². The summed E-state index contributed by atoms with van der Waals surface area (Å²) in [5.41, 5.74) is 1.45. The SMILES string of the molecule is Cc1cc(O)ccc1C(=O)N1CCCC1CCl. The average molecular weight is 254 g/mol. The number of benzene rings is 1. The Morgan fingerprint density at radius 3 is 3.00 bits per heavy atom. The maximum Gasteiger partial charge on any atom is 0.254 e. The molecule has 1 aliphatic heterocycles. The van der Waals surface area contributed by atoms with Gasteiger partial charge in [-0.1, -0.05) is 0 Å². The summed E-state index contributed by atoms with van der Waals surface area (Å²) in [5, 5.41) is 9.34. The Kier molecular flexibility index (Phi) is 3.57. The quantitative estimate of drug-likeness (QED) is 0.823. The van der Waals surface area contributed by atoms with Gasteiger partial charge in [0.05, 0.1) is 0 Å². The molecule has 1 heterocycles. The number of carbonyl (C=O) groups excluding carboxylic acids is 1. The molecule has 0 spiro atoms. The number of phenols is 1. The summed E-state index contributed by atoms with van der Waals surface area (Å²) in [4.78, 5) is 14.2. The molecule has 0 aromatic heterocycles. The number of hydrogen-bond acceptors (Lipinski definition) is 2. The van der Waals surface area contributed by atoms with E-state index < -0.39 is 0 Å². The molecule has 3 nitrogen and oxygen atoms in total. The Labute approximate surface area is 106 Å². The Morgan fingerprint density at radius 2 is 2.35 bits per heavy atom. The van der Waals surface area contributed by atoms with Crippen LogP contribution in [0.1, 0.15) is 28.8 Å². The lowest BCUT2D eigenvalue weighted by molar-refractivity contribution is 0.0748. The van der Waals surface area contributed by atoms with Gasteiger partial charge in [-0.15, -0.1) is 11.6 Å². The molecule has 0 saturated carbocycles. The summed E-state index contributed by atoms with van der Waals surface area (Å²) in [7, 11) is 0. The highest BCUT2D eigenvalue weighted by molar-refractivity contribution is 6.18. The van der Waals surface area contributed by atoms with Gasteiger partial charge in [0.2, 0.25) is 0 Å². The number of aromatic hydroxyl groups is 1. The lowest BCUT2D eigenvalue weighted by Crippen LogP contribution is -2.36. The molecule has 92 valence electrons. The third-order valence-corrected chi connectivity index (χ3v) is 3.61. The normalized spacial score (nSPS) is 19.6. The van der Waals surface area contributed by atoms with E-state index in [4.69, 9.17) is 11.6 Å². The first-order valence-corrected chi connectivity index (χ1v) is 6.33. The number of likely N-dealkylation sites (tertiary alicyclic amines) is 1. The van der Waals surface area contributed by atoms with Crippen LogP contribution in [-0.4, -0.2) is 34.4 Å². The van der Waals surface area contributed by atoms with Crippen LogP contribution < -0.4 is 0 Å². The van der Waals surface area contributed by atoms with Gasteiger partial charge in [0.15, 0.2) is 0 Å². The zero-order valence-electron chi connectivity index (χ0n) is 9.82. The monoisotopic (exact) mass is 253 g/mol. The van der Waals surface area contributed by atoms with Crippen molar-refractivity contribution in [2.45, 2.75) is 25.8 Å². The number of nitrogens with zero attached hydrogens (tertiary/aromatic N) is 1. The summed E-state index contributed by atoms with van der Waals surface area (Å²) in [6.45, 7) is 2.61. The molecular formula is C13H16ClNO2. The van der Waals surface area contributed by atoms with Crippen LogP contribution in [0.15, 0.2) is 18.2 Å². The van der Waals surface area contributed by atoms with E-state index in [0.717, 1.165) is 24.9 Å². The smallest absolute Gasteiger partial charge is 0.254 e. The number of aryl methyl sites for hydroxylation is 1. The molecule has 1 unspecified atom stereocenters. The van der Waals surface area contributed by atoms with E-state index >= 15 is 0 Å². The van der Waals surface area contributed by atoms with E-state index in [-0.39, 0.29) is 17.7 Å². The highest BCUT2D eigenvalue weighted by Gasteiger charge is 2.29. The van der Waals surface area contributed by atoms with Crippen LogP contribution in [0, 0.1) is 6.92 Å². The van der Waals surface area contributed by atoms with Gasteiger partial charge in [-0.3, -0.25) is 4.79 Å². The van der Waals surface area contributed by atoms with Crippen LogP contribution in [0.5, 0.6) is 5.75 Å². The molecule has 17 heavy (non-hydrogen) atoms. The Hall–Kier alpha value is -1.22. The van der Waals surface area contributed by atoms with Gasteiger partial charge in [0.1, 0.15) is 5.75 Å². The zero-order valence-corrected chi connectivity index (χ0v) is 10.6. The van der Waals surface area contributed by atoms with Crippen LogP contribution in [0.4, 0.5) is 0 Å². The molecule has 4 heteroatoms. The fourth-order valence-electron chi connectivity index (χ4n) is 2.31. The van der Waals surface area contributed by atoms with E-state index in [9.17, 15) is 9.90 Å². The van der Waals surface area contributed by atoms with Gasteiger partial charge in [-0.2, -0.15) is 0 Å². The number of halogens is 1. The minimum absolute atomic E-state index is 0.0191. The van der Waals surface area contributed by atoms with Gasteiger partial charge in [0, 0.05) is 24.0 Å². The molecule has 1 N–H and O–H groups in total. The second-order valence-electron chi connectivity index (χ2n) is 4.45. The highest BCUT2D eigenvalue weighted by Crippen LogP contribution is 2.23. The van der Waals surface area contributed by atoms with Crippen molar-refractivity contribution in [3.8, 4) is 5.75 Å². The van der Waals surface area contributed by atoms with E-state index in [0.29, 0.717) is 11.4 Å². The molecule has 1 amide bonds. The number of amides is 1. The van der Waals surface area contributed by atoms with Crippen LogP contribution in [-0.2, 0) is 0 Å². The minimum atomic E-state index is 0.0191. The molecule has 1 atom stereocenters. The van der Waals surface area contributed by atoms with E-state index in [2.05, 4.69) is 0 Å². The van der Waals surface area contributed by atoms with Crippen molar-refractivity contribution in [2.75, 3.05) is 12.4 Å². The first-order chi connectivity index (χ1) is 8.13. The topological polar surface area (TPSA) is 40.5 Å².